The number of aryl methyl sites for hydroxylation is 3. The van der Waals surface area contributed by atoms with Crippen LogP contribution in [0.2, 0.25) is 0 Å². The molecule has 0 unspecified atom stereocenters. The highest BCUT2D eigenvalue weighted by atomic mass is 16.2. The molecule has 0 bridgehead atoms. The second kappa shape index (κ2) is 7.14. The summed E-state index contributed by atoms with van der Waals surface area (Å²) in [5.41, 5.74) is 1.71. The molecule has 28 heavy (non-hydrogen) atoms. The molecule has 2 heterocycles. The predicted molar refractivity (Wildman–Crippen MR) is 103 cm³/mol. The van der Waals surface area contributed by atoms with Crippen LogP contribution in [0.4, 0.5) is 10.5 Å². The fraction of sp³-hybridized carbons (Fsp3) is 0.278. The third-order valence-electron chi connectivity index (χ3n) is 4.41. The first-order valence-corrected chi connectivity index (χ1v) is 8.48. The molecule has 0 atom stereocenters. The van der Waals surface area contributed by atoms with Crippen molar-refractivity contribution >= 4 is 28.8 Å². The number of fused-ring (bicyclic) bond motifs is 1. The van der Waals surface area contributed by atoms with Crippen molar-refractivity contribution in [3.8, 4) is 0 Å². The number of aromatic nitrogens is 4. The Morgan fingerprint density at radius 1 is 1.11 bits per heavy atom. The lowest BCUT2D eigenvalue weighted by Crippen LogP contribution is -2.39. The van der Waals surface area contributed by atoms with E-state index in [0.29, 0.717) is 5.69 Å². The molecule has 10 heteroatoms. The molecule has 3 amide bonds. The van der Waals surface area contributed by atoms with E-state index >= 15 is 0 Å². The molecule has 0 saturated heterocycles. The van der Waals surface area contributed by atoms with Crippen LogP contribution in [0.1, 0.15) is 11.1 Å². The molecule has 146 valence electrons. The van der Waals surface area contributed by atoms with Crippen molar-refractivity contribution in [2.24, 2.45) is 14.1 Å². The van der Waals surface area contributed by atoms with Gasteiger partial charge in [0.25, 0.3) is 5.56 Å². The number of hydrogen-bond donors (Lipinski definition) is 2. The van der Waals surface area contributed by atoms with Gasteiger partial charge >= 0.3 is 11.7 Å². The zero-order valence-electron chi connectivity index (χ0n) is 15.9. The van der Waals surface area contributed by atoms with E-state index in [1.54, 1.807) is 6.07 Å². The standard InChI is InChI=1S/C18H20N6O4/c1-10-5-6-12(11(2)7-10)20-17(27)21-13(25)8-24-9-19-15-14(24)16(26)23(4)18(28)22(15)3/h5-7,9H,8H2,1-4H3,(H2,20,21,25,27). The number of anilines is 1. The molecule has 0 saturated carbocycles. The fourth-order valence-electron chi connectivity index (χ4n) is 2.95. The zero-order valence-corrected chi connectivity index (χ0v) is 15.9. The minimum Gasteiger partial charge on any atom is -0.315 e. The summed E-state index contributed by atoms with van der Waals surface area (Å²) in [7, 11) is 2.83. The van der Waals surface area contributed by atoms with Crippen molar-refractivity contribution in [3.05, 3.63) is 56.5 Å². The lowest BCUT2D eigenvalue weighted by atomic mass is 10.1. The van der Waals surface area contributed by atoms with E-state index in [4.69, 9.17) is 0 Å². The molecule has 2 N–H and O–H groups in total. The molecule has 3 aromatic rings. The number of hydrogen-bond acceptors (Lipinski definition) is 5. The Kier molecular flexibility index (Phi) is 4.87. The Bertz CT molecular complexity index is 1220. The van der Waals surface area contributed by atoms with Gasteiger partial charge in [-0.15, -0.1) is 0 Å². The van der Waals surface area contributed by atoms with Gasteiger partial charge < -0.3 is 9.88 Å². The van der Waals surface area contributed by atoms with Crippen molar-refractivity contribution < 1.29 is 9.59 Å². The lowest BCUT2D eigenvalue weighted by Gasteiger charge is -2.10. The number of carbonyl (C=O) groups is 2. The van der Waals surface area contributed by atoms with Crippen LogP contribution in [0, 0.1) is 13.8 Å². The Balaban J connectivity index is 1.77. The van der Waals surface area contributed by atoms with Crippen molar-refractivity contribution in [2.75, 3.05) is 5.32 Å². The molecule has 0 aliphatic rings. The number of benzene rings is 1. The first kappa shape index (κ1) is 19.1. The summed E-state index contributed by atoms with van der Waals surface area (Å²) in [6.45, 7) is 3.49. The molecule has 10 nitrogen and oxygen atoms in total. The average Bonchev–Trinajstić information content (AvgIpc) is 3.04. The summed E-state index contributed by atoms with van der Waals surface area (Å²) >= 11 is 0. The van der Waals surface area contributed by atoms with Gasteiger partial charge in [0.2, 0.25) is 5.91 Å². The van der Waals surface area contributed by atoms with Gasteiger partial charge in [0.1, 0.15) is 6.54 Å². The highest BCUT2D eigenvalue weighted by Crippen LogP contribution is 2.15. The number of nitrogens with zero attached hydrogens (tertiary/aromatic N) is 4. The quantitative estimate of drug-likeness (QED) is 0.677. The number of carbonyl (C=O) groups excluding carboxylic acids is 2. The van der Waals surface area contributed by atoms with Crippen LogP contribution in [0.5, 0.6) is 0 Å². The summed E-state index contributed by atoms with van der Waals surface area (Å²) in [4.78, 5) is 52.7. The van der Waals surface area contributed by atoms with Crippen molar-refractivity contribution in [2.45, 2.75) is 20.4 Å². The van der Waals surface area contributed by atoms with Gasteiger partial charge in [-0.3, -0.25) is 24.0 Å². The van der Waals surface area contributed by atoms with Crippen molar-refractivity contribution in [1.29, 1.82) is 0 Å². The maximum absolute atomic E-state index is 12.4. The van der Waals surface area contributed by atoms with E-state index in [2.05, 4.69) is 15.6 Å². The highest BCUT2D eigenvalue weighted by Gasteiger charge is 2.17. The molecule has 0 radical (unpaired) electrons. The largest absolute Gasteiger partial charge is 0.332 e. The van der Waals surface area contributed by atoms with E-state index in [1.165, 1.54) is 29.6 Å². The average molecular weight is 384 g/mol. The van der Waals surface area contributed by atoms with Crippen LogP contribution in [0.3, 0.4) is 0 Å². The normalized spacial score (nSPS) is 10.9. The van der Waals surface area contributed by atoms with E-state index in [-0.39, 0.29) is 17.7 Å². The Morgan fingerprint density at radius 2 is 1.82 bits per heavy atom. The molecule has 0 fully saturated rings. The monoisotopic (exact) mass is 384 g/mol. The molecular formula is C18H20N6O4. The minimum absolute atomic E-state index is 0.106. The first-order chi connectivity index (χ1) is 13.2. The van der Waals surface area contributed by atoms with Crippen LogP contribution in [0.15, 0.2) is 34.1 Å². The molecule has 0 aliphatic carbocycles. The van der Waals surface area contributed by atoms with Crippen LogP contribution >= 0.6 is 0 Å². The predicted octanol–water partition coefficient (Wildman–Crippen LogP) is 0.399. The number of nitrogens with one attached hydrogen (secondary N) is 2. The summed E-state index contributed by atoms with van der Waals surface area (Å²) in [6, 6.07) is 4.83. The van der Waals surface area contributed by atoms with Gasteiger partial charge in [-0.1, -0.05) is 17.7 Å². The SMILES string of the molecule is Cc1ccc(NC(=O)NC(=O)Cn2cnc3c2c(=O)n(C)c(=O)n3C)c(C)c1. The third kappa shape index (κ3) is 3.43. The smallest absolute Gasteiger partial charge is 0.315 e. The van der Waals surface area contributed by atoms with Crippen LogP contribution in [-0.4, -0.2) is 30.6 Å². The van der Waals surface area contributed by atoms with Crippen molar-refractivity contribution in [3.63, 3.8) is 0 Å². The number of urea groups is 1. The van der Waals surface area contributed by atoms with Gasteiger partial charge in [-0.25, -0.2) is 14.6 Å². The van der Waals surface area contributed by atoms with Crippen molar-refractivity contribution in [1.82, 2.24) is 24.0 Å². The van der Waals surface area contributed by atoms with Crippen LogP contribution in [-0.2, 0) is 25.4 Å². The molecule has 0 spiro atoms. The maximum Gasteiger partial charge on any atom is 0.332 e. The Morgan fingerprint density at radius 3 is 2.50 bits per heavy atom. The van der Waals surface area contributed by atoms with Gasteiger partial charge in [0, 0.05) is 19.8 Å². The second-order valence-corrected chi connectivity index (χ2v) is 6.57. The van der Waals surface area contributed by atoms with Crippen LogP contribution in [0.25, 0.3) is 11.2 Å². The molecule has 1 aromatic carbocycles. The summed E-state index contributed by atoms with van der Waals surface area (Å²) in [5, 5.41) is 4.83. The number of imidazole rings is 1. The van der Waals surface area contributed by atoms with Gasteiger partial charge in [-0.2, -0.15) is 0 Å². The molecular weight excluding hydrogens is 364 g/mol. The summed E-state index contributed by atoms with van der Waals surface area (Å²) in [5.74, 6) is -0.627. The zero-order chi connectivity index (χ0) is 20.6. The first-order valence-electron chi connectivity index (χ1n) is 8.48. The second-order valence-electron chi connectivity index (χ2n) is 6.57. The van der Waals surface area contributed by atoms with E-state index in [0.717, 1.165) is 15.7 Å². The summed E-state index contributed by atoms with van der Waals surface area (Å²) < 4.78 is 3.46. The van der Waals surface area contributed by atoms with E-state index < -0.39 is 23.2 Å². The Labute approximate surface area is 159 Å². The maximum atomic E-state index is 12.4. The minimum atomic E-state index is -0.679. The van der Waals surface area contributed by atoms with Gasteiger partial charge in [0.05, 0.1) is 6.33 Å². The van der Waals surface area contributed by atoms with Gasteiger partial charge in [0.15, 0.2) is 11.2 Å². The lowest BCUT2D eigenvalue weighted by molar-refractivity contribution is -0.120. The van der Waals surface area contributed by atoms with E-state index in [9.17, 15) is 19.2 Å². The molecule has 3 rings (SSSR count). The number of imide groups is 1. The van der Waals surface area contributed by atoms with Gasteiger partial charge in [-0.05, 0) is 25.5 Å². The van der Waals surface area contributed by atoms with E-state index in [1.807, 2.05) is 26.0 Å². The third-order valence-corrected chi connectivity index (χ3v) is 4.41. The number of amides is 3. The Hall–Kier alpha value is -3.69. The highest BCUT2D eigenvalue weighted by molar-refractivity contribution is 6.01. The molecule has 0 aliphatic heterocycles. The molecule has 2 aromatic heterocycles. The number of rotatable bonds is 3. The fourth-order valence-corrected chi connectivity index (χ4v) is 2.95. The topological polar surface area (TPSA) is 120 Å². The summed E-state index contributed by atoms with van der Waals surface area (Å²) in [6.07, 6.45) is 1.28. The van der Waals surface area contributed by atoms with Crippen LogP contribution < -0.4 is 21.9 Å².